The van der Waals surface area contributed by atoms with Gasteiger partial charge in [0.15, 0.2) is 0 Å². The Kier molecular flexibility index (Phi) is 4.67. The number of rotatable bonds is 4. The molecule has 0 aromatic heterocycles. The van der Waals surface area contributed by atoms with Gasteiger partial charge in [-0.3, -0.25) is 9.11 Å². The van der Waals surface area contributed by atoms with E-state index in [1.807, 2.05) is 0 Å². The van der Waals surface area contributed by atoms with Crippen LogP contribution in [0.25, 0.3) is 12.2 Å². The molecule has 6 N–H and O–H groups in total. The average molecular weight is 370 g/mol. The van der Waals surface area contributed by atoms with Crippen molar-refractivity contribution < 1.29 is 25.9 Å². The van der Waals surface area contributed by atoms with Crippen molar-refractivity contribution in [3.8, 4) is 0 Å². The highest BCUT2D eigenvalue weighted by Crippen LogP contribution is 2.24. The van der Waals surface area contributed by atoms with E-state index in [9.17, 15) is 25.9 Å². The Morgan fingerprint density at radius 3 is 1.79 bits per heavy atom. The molecule has 128 valence electrons. The van der Waals surface area contributed by atoms with Crippen molar-refractivity contribution in [3.63, 3.8) is 0 Å². The summed E-state index contributed by atoms with van der Waals surface area (Å²) in [6.07, 6.45) is 2.51. The topological polar surface area (TPSA) is 161 Å². The van der Waals surface area contributed by atoms with E-state index in [-0.39, 0.29) is 22.5 Å². The van der Waals surface area contributed by atoms with Gasteiger partial charge in [-0.05, 0) is 41.5 Å². The van der Waals surface area contributed by atoms with Crippen molar-refractivity contribution >= 4 is 43.8 Å². The van der Waals surface area contributed by atoms with Gasteiger partial charge in [0.1, 0.15) is 9.79 Å². The standard InChI is InChI=1S/C14H14N2O6S2/c15-11-5-6-13(23(17,18)19)10(7-11)2-1-9-3-4-12(16)8-14(9)24(20,21)22/h1-8H,15-16H2,(H,17,18,19)(H,20,21,22)/b2-1+. The molecule has 0 saturated carbocycles. The van der Waals surface area contributed by atoms with Crippen LogP contribution in [0.2, 0.25) is 0 Å². The molecule has 0 aliphatic carbocycles. The third kappa shape index (κ3) is 4.11. The molecule has 2 aromatic rings. The molecule has 2 aromatic carbocycles. The van der Waals surface area contributed by atoms with Crippen molar-refractivity contribution in [3.05, 3.63) is 47.5 Å². The number of anilines is 2. The van der Waals surface area contributed by atoms with E-state index in [2.05, 4.69) is 0 Å². The van der Waals surface area contributed by atoms with Crippen LogP contribution in [-0.4, -0.2) is 25.9 Å². The summed E-state index contributed by atoms with van der Waals surface area (Å²) in [5.41, 5.74) is 11.6. The molecule has 0 unspecified atom stereocenters. The Morgan fingerprint density at radius 2 is 1.21 bits per heavy atom. The van der Waals surface area contributed by atoms with Gasteiger partial charge in [0.25, 0.3) is 20.2 Å². The third-order valence-corrected chi connectivity index (χ3v) is 4.91. The molecule has 2 rings (SSSR count). The lowest BCUT2D eigenvalue weighted by Gasteiger charge is -2.06. The van der Waals surface area contributed by atoms with Crippen LogP contribution in [0.5, 0.6) is 0 Å². The van der Waals surface area contributed by atoms with Crippen LogP contribution in [-0.2, 0) is 20.2 Å². The monoisotopic (exact) mass is 370 g/mol. The first-order valence-electron chi connectivity index (χ1n) is 6.40. The van der Waals surface area contributed by atoms with Crippen LogP contribution in [0.15, 0.2) is 46.2 Å². The minimum atomic E-state index is -4.53. The molecule has 0 saturated heterocycles. The van der Waals surface area contributed by atoms with Gasteiger partial charge >= 0.3 is 0 Å². The second-order valence-electron chi connectivity index (χ2n) is 4.88. The van der Waals surface area contributed by atoms with Crippen LogP contribution in [0.1, 0.15) is 11.1 Å². The zero-order valence-corrected chi connectivity index (χ0v) is 13.8. The van der Waals surface area contributed by atoms with Crippen molar-refractivity contribution in [2.24, 2.45) is 0 Å². The third-order valence-electron chi connectivity index (χ3n) is 3.07. The molecule has 0 bridgehead atoms. The summed E-state index contributed by atoms with van der Waals surface area (Å²) >= 11 is 0. The van der Waals surface area contributed by atoms with Crippen LogP contribution in [0.3, 0.4) is 0 Å². The molecule has 24 heavy (non-hydrogen) atoms. The maximum Gasteiger partial charge on any atom is 0.295 e. The van der Waals surface area contributed by atoms with Gasteiger partial charge in [0.2, 0.25) is 0 Å². The highest BCUT2D eigenvalue weighted by atomic mass is 32.2. The zero-order chi connectivity index (χ0) is 18.1. The fourth-order valence-corrected chi connectivity index (χ4v) is 3.41. The van der Waals surface area contributed by atoms with E-state index in [0.29, 0.717) is 0 Å². The summed E-state index contributed by atoms with van der Waals surface area (Å²) in [6, 6.07) is 7.54. The minimum Gasteiger partial charge on any atom is -0.399 e. The molecule has 10 heteroatoms. The predicted molar refractivity (Wildman–Crippen MR) is 90.3 cm³/mol. The molecule has 0 aliphatic heterocycles. The second-order valence-corrected chi connectivity index (χ2v) is 7.66. The van der Waals surface area contributed by atoms with Crippen molar-refractivity contribution in [2.45, 2.75) is 9.79 Å². The molecule has 0 amide bonds. The average Bonchev–Trinajstić information content (AvgIpc) is 2.43. The number of nitrogen functional groups attached to an aromatic ring is 2. The van der Waals surface area contributed by atoms with E-state index in [1.54, 1.807) is 0 Å². The first-order valence-corrected chi connectivity index (χ1v) is 9.28. The second kappa shape index (κ2) is 6.24. The summed E-state index contributed by atoms with van der Waals surface area (Å²) in [6.45, 7) is 0. The molecule has 0 fully saturated rings. The quantitative estimate of drug-likeness (QED) is 0.358. The van der Waals surface area contributed by atoms with Crippen molar-refractivity contribution in [1.29, 1.82) is 0 Å². The Labute approximate surface area is 138 Å². The van der Waals surface area contributed by atoms with E-state index in [1.165, 1.54) is 36.4 Å². The fraction of sp³-hybridized carbons (Fsp3) is 0. The normalized spacial score (nSPS) is 12.6. The first kappa shape index (κ1) is 17.9. The summed E-state index contributed by atoms with van der Waals surface area (Å²) in [5.74, 6) is 0. The van der Waals surface area contributed by atoms with Gasteiger partial charge in [-0.1, -0.05) is 18.2 Å². The predicted octanol–water partition coefficient (Wildman–Crippen LogP) is 1.51. The van der Waals surface area contributed by atoms with Gasteiger partial charge in [0.05, 0.1) is 0 Å². The zero-order valence-electron chi connectivity index (χ0n) is 12.1. The van der Waals surface area contributed by atoms with Crippen molar-refractivity contribution in [1.82, 2.24) is 0 Å². The molecule has 0 heterocycles. The van der Waals surface area contributed by atoms with Crippen LogP contribution < -0.4 is 11.5 Å². The Bertz CT molecular complexity index is 1030. The Hall–Kier alpha value is -2.40. The molecule has 0 radical (unpaired) electrons. The lowest BCUT2D eigenvalue weighted by molar-refractivity contribution is 0.480. The lowest BCUT2D eigenvalue weighted by atomic mass is 10.1. The van der Waals surface area contributed by atoms with Crippen LogP contribution in [0, 0.1) is 0 Å². The fourth-order valence-electron chi connectivity index (χ4n) is 2.02. The molecular formula is C14H14N2O6S2. The highest BCUT2D eigenvalue weighted by Gasteiger charge is 2.16. The number of benzene rings is 2. The maximum absolute atomic E-state index is 11.4. The van der Waals surface area contributed by atoms with E-state index in [0.717, 1.165) is 12.1 Å². The smallest absolute Gasteiger partial charge is 0.295 e. The molecule has 0 spiro atoms. The number of hydrogen-bond donors (Lipinski definition) is 4. The van der Waals surface area contributed by atoms with Gasteiger partial charge in [0, 0.05) is 11.4 Å². The summed E-state index contributed by atoms with van der Waals surface area (Å²) < 4.78 is 64.0. The molecular weight excluding hydrogens is 356 g/mol. The lowest BCUT2D eigenvalue weighted by Crippen LogP contribution is -2.03. The summed E-state index contributed by atoms with van der Waals surface area (Å²) in [7, 11) is -9.02. The summed E-state index contributed by atoms with van der Waals surface area (Å²) in [5, 5.41) is 0. The van der Waals surface area contributed by atoms with Crippen LogP contribution in [0.4, 0.5) is 11.4 Å². The Balaban J connectivity index is 2.60. The molecule has 0 aliphatic rings. The van der Waals surface area contributed by atoms with Gasteiger partial charge in [-0.2, -0.15) is 16.8 Å². The van der Waals surface area contributed by atoms with Gasteiger partial charge in [-0.15, -0.1) is 0 Å². The largest absolute Gasteiger partial charge is 0.399 e. The minimum absolute atomic E-state index is 0.0515. The van der Waals surface area contributed by atoms with E-state index in [4.69, 9.17) is 11.5 Å². The van der Waals surface area contributed by atoms with E-state index >= 15 is 0 Å². The van der Waals surface area contributed by atoms with Crippen LogP contribution >= 0.6 is 0 Å². The van der Waals surface area contributed by atoms with E-state index < -0.39 is 30.0 Å². The summed E-state index contributed by atoms with van der Waals surface area (Å²) in [4.78, 5) is -0.826. The first-order chi connectivity index (χ1) is 11.0. The number of nitrogens with two attached hydrogens (primary N) is 2. The maximum atomic E-state index is 11.4. The van der Waals surface area contributed by atoms with Crippen molar-refractivity contribution in [2.75, 3.05) is 11.5 Å². The van der Waals surface area contributed by atoms with Gasteiger partial charge < -0.3 is 11.5 Å². The Morgan fingerprint density at radius 1 is 0.708 bits per heavy atom. The SMILES string of the molecule is Nc1ccc(S(=O)(=O)O)c(/C=C/c2ccc(N)cc2S(=O)(=O)O)c1. The highest BCUT2D eigenvalue weighted by molar-refractivity contribution is 7.86. The molecule has 0 atom stereocenters. The molecule has 8 nitrogen and oxygen atoms in total. The van der Waals surface area contributed by atoms with Gasteiger partial charge in [-0.25, -0.2) is 0 Å². The number of hydrogen-bond acceptors (Lipinski definition) is 6.